The zero-order valence-electron chi connectivity index (χ0n) is 20.9. The number of halogens is 22. The Bertz CT molecular complexity index is 1130. The van der Waals surface area contributed by atoms with Crippen molar-refractivity contribution < 1.29 is 106 Å². The quantitative estimate of drug-likeness (QED) is 0.0769. The van der Waals surface area contributed by atoms with Gasteiger partial charge in [-0.2, -0.15) is 92.2 Å². The summed E-state index contributed by atoms with van der Waals surface area (Å²) < 4.78 is 295. The molecule has 26 heteroatoms. The van der Waals surface area contributed by atoms with Gasteiger partial charge in [0.1, 0.15) is 4.99 Å². The molecule has 45 heavy (non-hydrogen) atoms. The second kappa shape index (κ2) is 12.3. The van der Waals surface area contributed by atoms with Crippen LogP contribution in [0.3, 0.4) is 0 Å². The Kier molecular flexibility index (Phi) is 11.6. The van der Waals surface area contributed by atoms with Gasteiger partial charge in [-0.05, 0) is 13.3 Å². The molecule has 0 aromatic carbocycles. The zero-order chi connectivity index (χ0) is 36.8. The average Bonchev–Trinajstić information content (AvgIpc) is 2.84. The summed E-state index contributed by atoms with van der Waals surface area (Å²) in [5, 5.41) is 10.2. The Hall–Kier alpha value is -2.44. The molecule has 0 aromatic heterocycles. The Balaban J connectivity index is 6.55. The van der Waals surface area contributed by atoms with Crippen molar-refractivity contribution in [2.24, 2.45) is 0 Å². The van der Waals surface area contributed by atoms with Crippen LogP contribution in [-0.2, 0) is 4.79 Å². The smallest absolute Gasteiger partial charge is 0.460 e. The molecule has 0 saturated carbocycles. The highest BCUT2D eigenvalue weighted by molar-refractivity contribution is 7.80. The summed E-state index contributed by atoms with van der Waals surface area (Å²) in [5.41, 5.74) is -0.383. The fraction of sp³-hybridized carbons (Fsp3) is 0.789. The Morgan fingerprint density at radius 3 is 1.27 bits per heavy atom. The van der Waals surface area contributed by atoms with Gasteiger partial charge in [0, 0.05) is 12.1 Å². The number of hydrogen-bond donors (Lipinski definition) is 2. The molecule has 0 radical (unpaired) electrons. The summed E-state index contributed by atoms with van der Waals surface area (Å²) in [5.74, 6) is -80.1. The number of thiocarbonyl (C=S) groups is 1. The van der Waals surface area contributed by atoms with Crippen LogP contribution in [0.15, 0.2) is 11.6 Å². The number of nitrogens with one attached hydrogen (secondary N) is 1. The van der Waals surface area contributed by atoms with Gasteiger partial charge >= 0.3 is 65.4 Å². The van der Waals surface area contributed by atoms with Gasteiger partial charge in [-0.1, -0.05) is 18.3 Å². The number of carbonyl (C=O) groups is 1. The lowest BCUT2D eigenvalue weighted by molar-refractivity contribution is -0.474. The minimum atomic E-state index is -9.29. The fourth-order valence-corrected chi connectivity index (χ4v) is 2.90. The molecular weight excluding hydrogens is 724 g/mol. The highest BCUT2D eigenvalue weighted by Crippen LogP contribution is 2.66. The Morgan fingerprint density at radius 2 is 0.956 bits per heavy atom. The standard InChI is InChI=1S/C19H13F22NO2S/c1-6(9(43)44)3-2-4-42-8(45)7(20)5-10(21,22)11(23,24)12(25,26)13(27,28)14(29,30)15(31,32)16(33,34)17(35,36)18(37,38)19(39,40)41/h3,7H,2,4-5H2,1H3,(H,42,45)(H,43,44). The van der Waals surface area contributed by atoms with E-state index >= 15 is 0 Å². The number of aliphatic carboxylic acids is 1. The van der Waals surface area contributed by atoms with Gasteiger partial charge in [-0.25, -0.2) is 9.18 Å². The van der Waals surface area contributed by atoms with Crippen molar-refractivity contribution >= 4 is 23.2 Å². The first-order valence-corrected chi connectivity index (χ1v) is 11.1. The normalized spacial score (nSPS) is 16.5. The monoisotopic (exact) mass is 737 g/mol. The lowest BCUT2D eigenvalue weighted by Gasteiger charge is -2.44. The molecule has 0 heterocycles. The van der Waals surface area contributed by atoms with Crippen LogP contribution in [-0.4, -0.2) is 88.3 Å². The van der Waals surface area contributed by atoms with E-state index in [2.05, 4.69) is 12.2 Å². The number of rotatable bonds is 15. The van der Waals surface area contributed by atoms with E-state index in [1.54, 1.807) is 5.32 Å². The van der Waals surface area contributed by atoms with E-state index in [9.17, 15) is 101 Å². The first-order valence-electron chi connectivity index (χ1n) is 10.7. The summed E-state index contributed by atoms with van der Waals surface area (Å²) in [4.78, 5) is 8.89. The van der Waals surface area contributed by atoms with Crippen LogP contribution in [0.5, 0.6) is 0 Å². The topological polar surface area (TPSA) is 49.3 Å². The minimum absolute atomic E-state index is 0.383. The second-order valence-corrected chi connectivity index (χ2v) is 9.18. The highest BCUT2D eigenvalue weighted by Gasteiger charge is 2.97. The first kappa shape index (κ1) is 42.6. The largest absolute Gasteiger partial charge is 0.478 e. The lowest BCUT2D eigenvalue weighted by atomic mass is 9.85. The third kappa shape index (κ3) is 6.70. The summed E-state index contributed by atoms with van der Waals surface area (Å²) >= 11 is 4.05. The van der Waals surface area contributed by atoms with E-state index in [-0.39, 0.29) is 5.57 Å². The molecule has 0 aliphatic heterocycles. The number of carboxylic acids is 1. The highest BCUT2D eigenvalue weighted by atomic mass is 32.1. The van der Waals surface area contributed by atoms with Crippen LogP contribution in [0, 0.1) is 0 Å². The molecule has 1 unspecified atom stereocenters. The van der Waals surface area contributed by atoms with Gasteiger partial charge < -0.3 is 10.4 Å². The van der Waals surface area contributed by atoms with Crippen molar-refractivity contribution in [3.63, 3.8) is 0 Å². The van der Waals surface area contributed by atoms with Crippen LogP contribution < -0.4 is 5.32 Å². The average molecular weight is 737 g/mol. The number of hydrogen-bond acceptors (Lipinski definition) is 2. The van der Waals surface area contributed by atoms with Gasteiger partial charge in [0.15, 0.2) is 6.17 Å². The van der Waals surface area contributed by atoms with Crippen molar-refractivity contribution in [2.45, 2.75) is 85.4 Å². The van der Waals surface area contributed by atoms with Crippen molar-refractivity contribution in [3.05, 3.63) is 11.6 Å². The van der Waals surface area contributed by atoms with Crippen molar-refractivity contribution in [1.29, 1.82) is 0 Å². The van der Waals surface area contributed by atoms with Gasteiger partial charge in [0.05, 0.1) is 6.42 Å². The maximum Gasteiger partial charge on any atom is 0.460 e. The van der Waals surface area contributed by atoms with Crippen LogP contribution in [0.1, 0.15) is 19.8 Å². The molecule has 1 atom stereocenters. The Labute approximate surface area is 239 Å². The van der Waals surface area contributed by atoms with E-state index in [1.165, 1.54) is 0 Å². The molecule has 0 fully saturated rings. The molecule has 0 aliphatic rings. The van der Waals surface area contributed by atoms with E-state index < -0.39 is 96.0 Å². The van der Waals surface area contributed by atoms with Crippen molar-refractivity contribution in [2.75, 3.05) is 6.54 Å². The van der Waals surface area contributed by atoms with Gasteiger partial charge in [0.25, 0.3) is 0 Å². The van der Waals surface area contributed by atoms with E-state index in [0.717, 1.165) is 13.0 Å². The molecular formula is C19H13F22NO2S. The molecule has 0 aromatic rings. The van der Waals surface area contributed by atoms with E-state index in [4.69, 9.17) is 5.11 Å². The third-order valence-corrected chi connectivity index (χ3v) is 5.93. The summed E-state index contributed by atoms with van der Waals surface area (Å²) in [6.45, 7) is 0.259. The first-order chi connectivity index (χ1) is 19.4. The molecule has 0 rings (SSSR count). The SMILES string of the molecule is CC(=CCCNC(=S)C(F)CC(F)(F)C(F)(F)C(F)(F)C(F)(F)C(F)(F)C(F)(F)C(F)(F)C(F)(F)C(F)(F)C(F)(F)F)C(=O)O. The van der Waals surface area contributed by atoms with E-state index in [1.807, 2.05) is 0 Å². The summed E-state index contributed by atoms with van der Waals surface area (Å²) in [7, 11) is 0. The van der Waals surface area contributed by atoms with Crippen LogP contribution >= 0.6 is 12.2 Å². The van der Waals surface area contributed by atoms with Crippen LogP contribution in [0.4, 0.5) is 96.6 Å². The molecule has 0 bridgehead atoms. The molecule has 0 spiro atoms. The molecule has 0 saturated heterocycles. The molecule has 3 nitrogen and oxygen atoms in total. The van der Waals surface area contributed by atoms with Crippen LogP contribution in [0.25, 0.3) is 0 Å². The van der Waals surface area contributed by atoms with Crippen LogP contribution in [0.2, 0.25) is 0 Å². The number of alkyl halides is 22. The predicted octanol–water partition coefficient (Wildman–Crippen LogP) is 8.33. The fourth-order valence-electron chi connectivity index (χ4n) is 2.72. The van der Waals surface area contributed by atoms with Crippen molar-refractivity contribution in [3.8, 4) is 0 Å². The third-order valence-electron chi connectivity index (χ3n) is 5.53. The Morgan fingerprint density at radius 1 is 0.644 bits per heavy atom. The minimum Gasteiger partial charge on any atom is -0.478 e. The molecule has 266 valence electrons. The zero-order valence-corrected chi connectivity index (χ0v) is 21.7. The molecule has 2 N–H and O–H groups in total. The summed E-state index contributed by atoms with van der Waals surface area (Å²) in [6.07, 6.45) is -15.0. The van der Waals surface area contributed by atoms with Crippen molar-refractivity contribution in [1.82, 2.24) is 5.32 Å². The summed E-state index contributed by atoms with van der Waals surface area (Å²) in [6, 6.07) is 0. The van der Waals surface area contributed by atoms with Gasteiger partial charge in [-0.3, -0.25) is 0 Å². The predicted molar refractivity (Wildman–Crippen MR) is 107 cm³/mol. The molecule has 0 amide bonds. The van der Waals surface area contributed by atoms with Gasteiger partial charge in [-0.15, -0.1) is 0 Å². The van der Waals surface area contributed by atoms with E-state index in [0.29, 0.717) is 0 Å². The maximum atomic E-state index is 14.0. The number of carboxylic acid groups (broad SMARTS) is 1. The van der Waals surface area contributed by atoms with Gasteiger partial charge in [0.2, 0.25) is 0 Å². The molecule has 0 aliphatic carbocycles. The maximum absolute atomic E-state index is 14.0. The second-order valence-electron chi connectivity index (χ2n) is 8.74. The lowest BCUT2D eigenvalue weighted by Crippen LogP contribution is -2.76.